The van der Waals surface area contributed by atoms with Gasteiger partial charge in [-0.05, 0) is 36.6 Å². The maximum atomic E-state index is 12.5. The molecule has 1 fully saturated rings. The smallest absolute Gasteiger partial charge is 0.341 e. The zero-order valence-corrected chi connectivity index (χ0v) is 16.1. The van der Waals surface area contributed by atoms with Crippen molar-refractivity contribution in [3.05, 3.63) is 34.7 Å². The second-order valence-electron chi connectivity index (χ2n) is 5.79. The van der Waals surface area contributed by atoms with E-state index in [4.69, 9.17) is 27.2 Å². The fraction of sp³-hybridized carbons (Fsp3) is 0.333. The number of aliphatic carboxylic acids is 2. The largest absolute Gasteiger partial charge is 0.482 e. The molecule has 1 heterocycles. The van der Waals surface area contributed by atoms with Gasteiger partial charge in [0.25, 0.3) is 5.91 Å². The fourth-order valence-corrected chi connectivity index (χ4v) is 3.68. The summed E-state index contributed by atoms with van der Waals surface area (Å²) in [4.78, 5) is 35.5. The Labute approximate surface area is 166 Å². The third-order valence-electron chi connectivity index (χ3n) is 3.69. The number of hydrogen-bond acceptors (Lipinski definition) is 6. The van der Waals surface area contributed by atoms with E-state index in [9.17, 15) is 14.4 Å². The fourth-order valence-electron chi connectivity index (χ4n) is 2.37. The van der Waals surface area contributed by atoms with Gasteiger partial charge in [-0.3, -0.25) is 14.5 Å². The number of rotatable bonds is 10. The number of carboxylic acids is 2. The van der Waals surface area contributed by atoms with Gasteiger partial charge in [0.2, 0.25) is 0 Å². The first-order chi connectivity index (χ1) is 12.9. The summed E-state index contributed by atoms with van der Waals surface area (Å²) in [6.45, 7) is 0.0636. The third-order valence-corrected chi connectivity index (χ3v) is 5.06. The SMILES string of the molecule is O=C(O)CCCCCN1C(=O)C(=Cc2ccc(OCC(=O)O)cc2)SC1=S. The highest BCUT2D eigenvalue weighted by Gasteiger charge is 2.31. The highest BCUT2D eigenvalue weighted by atomic mass is 32.2. The summed E-state index contributed by atoms with van der Waals surface area (Å²) in [7, 11) is 0. The van der Waals surface area contributed by atoms with Crippen molar-refractivity contribution in [1.82, 2.24) is 4.90 Å². The highest BCUT2D eigenvalue weighted by molar-refractivity contribution is 8.26. The summed E-state index contributed by atoms with van der Waals surface area (Å²) in [5.74, 6) is -1.59. The summed E-state index contributed by atoms with van der Waals surface area (Å²) in [5, 5.41) is 17.2. The standard InChI is InChI=1S/C18H19NO6S2/c20-15(21)4-2-1-3-9-19-17(24)14(27-18(19)26)10-12-5-7-13(8-6-12)25-11-16(22)23/h5-8,10H,1-4,9,11H2,(H,20,21)(H,22,23). The number of carbonyl (C=O) groups is 3. The van der Waals surface area contributed by atoms with E-state index in [0.29, 0.717) is 34.4 Å². The number of thiocarbonyl (C=S) groups is 1. The molecule has 1 aliphatic heterocycles. The van der Waals surface area contributed by atoms with Crippen LogP contribution in [-0.2, 0) is 14.4 Å². The first-order valence-electron chi connectivity index (χ1n) is 8.28. The second-order valence-corrected chi connectivity index (χ2v) is 7.46. The van der Waals surface area contributed by atoms with Crippen molar-refractivity contribution in [3.63, 3.8) is 0 Å². The predicted octanol–water partition coefficient (Wildman–Crippen LogP) is 3.00. The van der Waals surface area contributed by atoms with Crippen molar-refractivity contribution < 1.29 is 29.3 Å². The molecule has 0 radical (unpaired) electrons. The lowest BCUT2D eigenvalue weighted by atomic mass is 10.2. The quantitative estimate of drug-likeness (QED) is 0.345. The Morgan fingerprint density at radius 2 is 1.81 bits per heavy atom. The molecular weight excluding hydrogens is 390 g/mol. The summed E-state index contributed by atoms with van der Waals surface area (Å²) >= 11 is 6.50. The van der Waals surface area contributed by atoms with Crippen LogP contribution in [0.25, 0.3) is 6.08 Å². The molecule has 0 spiro atoms. The average molecular weight is 409 g/mol. The predicted molar refractivity (Wildman–Crippen MR) is 106 cm³/mol. The van der Waals surface area contributed by atoms with Gasteiger partial charge < -0.3 is 14.9 Å². The number of ether oxygens (including phenoxy) is 1. The van der Waals surface area contributed by atoms with E-state index < -0.39 is 18.5 Å². The van der Waals surface area contributed by atoms with Crippen LogP contribution in [0.5, 0.6) is 5.75 Å². The Morgan fingerprint density at radius 3 is 2.44 bits per heavy atom. The number of unbranched alkanes of at least 4 members (excludes halogenated alkanes) is 2. The van der Waals surface area contributed by atoms with Crippen molar-refractivity contribution in [2.45, 2.75) is 25.7 Å². The Balaban J connectivity index is 1.91. The molecule has 1 aromatic rings. The molecule has 1 amide bonds. The lowest BCUT2D eigenvalue weighted by Gasteiger charge is -2.13. The van der Waals surface area contributed by atoms with Crippen LogP contribution in [0.15, 0.2) is 29.2 Å². The van der Waals surface area contributed by atoms with Gasteiger partial charge in [0.05, 0.1) is 4.91 Å². The maximum Gasteiger partial charge on any atom is 0.341 e. The molecule has 1 aliphatic rings. The number of thioether (sulfide) groups is 1. The molecule has 2 N–H and O–H groups in total. The minimum absolute atomic E-state index is 0.129. The van der Waals surface area contributed by atoms with E-state index in [1.165, 1.54) is 16.7 Å². The van der Waals surface area contributed by atoms with Gasteiger partial charge in [-0.25, -0.2) is 4.79 Å². The van der Waals surface area contributed by atoms with Crippen LogP contribution in [0.2, 0.25) is 0 Å². The first-order valence-corrected chi connectivity index (χ1v) is 9.51. The average Bonchev–Trinajstić information content (AvgIpc) is 2.87. The molecule has 0 bridgehead atoms. The van der Waals surface area contributed by atoms with E-state index in [1.54, 1.807) is 30.3 Å². The Hall–Kier alpha value is -2.39. The van der Waals surface area contributed by atoms with E-state index in [0.717, 1.165) is 12.0 Å². The van der Waals surface area contributed by atoms with Crippen LogP contribution in [0, 0.1) is 0 Å². The Kier molecular flexibility index (Phi) is 7.81. The Bertz CT molecular complexity index is 760. The van der Waals surface area contributed by atoms with Gasteiger partial charge in [0, 0.05) is 13.0 Å². The van der Waals surface area contributed by atoms with E-state index in [2.05, 4.69) is 0 Å². The van der Waals surface area contributed by atoms with Crippen LogP contribution in [-0.4, -0.2) is 50.4 Å². The maximum absolute atomic E-state index is 12.5. The molecule has 0 aliphatic carbocycles. The van der Waals surface area contributed by atoms with Crippen LogP contribution >= 0.6 is 24.0 Å². The summed E-state index contributed by atoms with van der Waals surface area (Å²) in [5.41, 5.74) is 0.777. The van der Waals surface area contributed by atoms with Gasteiger partial charge in [0.15, 0.2) is 6.61 Å². The van der Waals surface area contributed by atoms with Gasteiger partial charge in [0.1, 0.15) is 10.1 Å². The molecule has 7 nitrogen and oxygen atoms in total. The molecule has 0 saturated carbocycles. The topological polar surface area (TPSA) is 104 Å². The van der Waals surface area contributed by atoms with Crippen LogP contribution < -0.4 is 4.74 Å². The van der Waals surface area contributed by atoms with Gasteiger partial charge in [-0.1, -0.05) is 42.5 Å². The number of carbonyl (C=O) groups excluding carboxylic acids is 1. The molecule has 1 aromatic carbocycles. The zero-order chi connectivity index (χ0) is 19.8. The molecule has 2 rings (SSSR count). The van der Waals surface area contributed by atoms with E-state index in [1.807, 2.05) is 0 Å². The lowest BCUT2D eigenvalue weighted by Crippen LogP contribution is -2.29. The summed E-state index contributed by atoms with van der Waals surface area (Å²) in [6.07, 6.45) is 3.86. The van der Waals surface area contributed by atoms with Crippen LogP contribution in [0.3, 0.4) is 0 Å². The zero-order valence-electron chi connectivity index (χ0n) is 14.4. The molecule has 9 heteroatoms. The van der Waals surface area contributed by atoms with Gasteiger partial charge in [-0.15, -0.1) is 0 Å². The molecule has 0 atom stereocenters. The van der Waals surface area contributed by atoms with Crippen LogP contribution in [0.4, 0.5) is 0 Å². The van der Waals surface area contributed by atoms with Crippen molar-refractivity contribution in [2.75, 3.05) is 13.2 Å². The van der Waals surface area contributed by atoms with Crippen molar-refractivity contribution >= 4 is 52.2 Å². The monoisotopic (exact) mass is 409 g/mol. The molecular formula is C18H19NO6S2. The number of carboxylic acid groups (broad SMARTS) is 2. The van der Waals surface area contributed by atoms with Gasteiger partial charge >= 0.3 is 11.9 Å². The normalized spacial score (nSPS) is 15.4. The lowest BCUT2D eigenvalue weighted by molar-refractivity contribution is -0.139. The summed E-state index contributed by atoms with van der Waals surface area (Å²) < 4.78 is 5.56. The third kappa shape index (κ3) is 6.69. The molecule has 27 heavy (non-hydrogen) atoms. The minimum Gasteiger partial charge on any atom is -0.482 e. The molecule has 0 unspecified atom stereocenters. The van der Waals surface area contributed by atoms with Crippen molar-refractivity contribution in [1.29, 1.82) is 0 Å². The number of hydrogen-bond donors (Lipinski definition) is 2. The van der Waals surface area contributed by atoms with Crippen molar-refractivity contribution in [2.24, 2.45) is 0 Å². The van der Waals surface area contributed by atoms with E-state index >= 15 is 0 Å². The first kappa shape index (κ1) is 20.9. The number of amides is 1. The second kappa shape index (κ2) is 10.1. The molecule has 0 aromatic heterocycles. The molecule has 144 valence electrons. The minimum atomic E-state index is -1.05. The number of benzene rings is 1. The van der Waals surface area contributed by atoms with E-state index in [-0.39, 0.29) is 12.3 Å². The highest BCUT2D eigenvalue weighted by Crippen LogP contribution is 2.33. The van der Waals surface area contributed by atoms with Crippen molar-refractivity contribution in [3.8, 4) is 5.75 Å². The van der Waals surface area contributed by atoms with Crippen LogP contribution in [0.1, 0.15) is 31.2 Å². The van der Waals surface area contributed by atoms with Gasteiger partial charge in [-0.2, -0.15) is 0 Å². The summed E-state index contributed by atoms with van der Waals surface area (Å²) in [6, 6.07) is 6.74. The Morgan fingerprint density at radius 1 is 1.11 bits per heavy atom. The number of nitrogens with zero attached hydrogens (tertiary/aromatic N) is 1. The molecule has 1 saturated heterocycles.